The van der Waals surface area contributed by atoms with E-state index in [9.17, 15) is 0 Å². The number of aromatic nitrogens is 2. The van der Waals surface area contributed by atoms with E-state index in [1.54, 1.807) is 0 Å². The molecule has 0 fully saturated rings. The quantitative estimate of drug-likeness (QED) is 0.827. The maximum atomic E-state index is 4.32. The first-order valence-corrected chi connectivity index (χ1v) is 6.49. The Morgan fingerprint density at radius 3 is 2.56 bits per heavy atom. The molecule has 0 saturated carbocycles. The summed E-state index contributed by atoms with van der Waals surface area (Å²) in [6, 6.07) is 8.45. The van der Waals surface area contributed by atoms with Crippen LogP contribution >= 0.6 is 22.6 Å². The molecular weight excluding hydrogens is 311 g/mol. The predicted molar refractivity (Wildman–Crippen MR) is 75.6 cm³/mol. The minimum atomic E-state index is 0.464. The van der Waals surface area contributed by atoms with Crippen LogP contribution in [0.2, 0.25) is 0 Å². The van der Waals surface area contributed by atoms with Crippen LogP contribution in [0.25, 0.3) is 11.1 Å². The van der Waals surface area contributed by atoms with Crippen molar-refractivity contribution in [1.82, 2.24) is 10.2 Å². The third kappa shape index (κ3) is 2.00. The van der Waals surface area contributed by atoms with Crippen LogP contribution in [0.5, 0.6) is 0 Å². The van der Waals surface area contributed by atoms with Crippen LogP contribution in [0.1, 0.15) is 31.0 Å². The van der Waals surface area contributed by atoms with Gasteiger partial charge in [0.05, 0.1) is 0 Å². The first-order chi connectivity index (χ1) is 7.61. The summed E-state index contributed by atoms with van der Waals surface area (Å²) < 4.78 is 1.05. The van der Waals surface area contributed by atoms with Gasteiger partial charge in [0, 0.05) is 11.3 Å². The van der Waals surface area contributed by atoms with Crippen molar-refractivity contribution in [3.63, 3.8) is 0 Å². The second-order valence-corrected chi connectivity index (χ2v) is 5.29. The number of hydrogen-bond acceptors (Lipinski definition) is 1. The smallest absolute Gasteiger partial charge is 0.131 e. The standard InChI is InChI=1S/C13H15IN2/c1-8(2)12-11(13(14)16-15-12)10-7-5-4-6-9(10)3/h4-8H,1-3H3,(H,15,16). The number of H-pyrrole nitrogens is 1. The molecule has 0 unspecified atom stereocenters. The normalized spacial score (nSPS) is 11.1. The van der Waals surface area contributed by atoms with Crippen LogP contribution in [-0.4, -0.2) is 10.2 Å². The monoisotopic (exact) mass is 326 g/mol. The molecule has 0 aliphatic carbocycles. The van der Waals surface area contributed by atoms with Gasteiger partial charge >= 0.3 is 0 Å². The second-order valence-electron chi connectivity index (χ2n) is 4.27. The molecule has 0 spiro atoms. The topological polar surface area (TPSA) is 28.7 Å². The average Bonchev–Trinajstić information content (AvgIpc) is 2.61. The summed E-state index contributed by atoms with van der Waals surface area (Å²) >= 11 is 2.29. The van der Waals surface area contributed by atoms with E-state index in [0.29, 0.717) is 5.92 Å². The Hall–Kier alpha value is -0.840. The molecule has 1 heterocycles. The highest BCUT2D eigenvalue weighted by molar-refractivity contribution is 14.1. The Balaban J connectivity index is 2.64. The Labute approximate surface area is 110 Å². The van der Waals surface area contributed by atoms with Crippen molar-refractivity contribution in [1.29, 1.82) is 0 Å². The van der Waals surface area contributed by atoms with E-state index >= 15 is 0 Å². The first kappa shape index (κ1) is 11.6. The highest BCUT2D eigenvalue weighted by Gasteiger charge is 2.16. The van der Waals surface area contributed by atoms with E-state index < -0.39 is 0 Å². The molecule has 16 heavy (non-hydrogen) atoms. The zero-order valence-corrected chi connectivity index (χ0v) is 11.9. The molecule has 1 aromatic carbocycles. The van der Waals surface area contributed by atoms with Crippen LogP contribution in [-0.2, 0) is 0 Å². The number of benzene rings is 1. The molecule has 1 N–H and O–H groups in total. The van der Waals surface area contributed by atoms with Crippen molar-refractivity contribution in [2.75, 3.05) is 0 Å². The number of hydrogen-bond donors (Lipinski definition) is 1. The first-order valence-electron chi connectivity index (χ1n) is 5.41. The number of aromatic amines is 1. The minimum absolute atomic E-state index is 0.464. The molecule has 3 heteroatoms. The average molecular weight is 326 g/mol. The molecule has 0 bridgehead atoms. The van der Waals surface area contributed by atoms with E-state index in [1.165, 1.54) is 22.4 Å². The minimum Gasteiger partial charge on any atom is -0.281 e. The van der Waals surface area contributed by atoms with Crippen molar-refractivity contribution in [2.45, 2.75) is 26.7 Å². The SMILES string of the molecule is Cc1ccccc1-c1c(I)n[nH]c1C(C)C. The van der Waals surface area contributed by atoms with Gasteiger partial charge in [0.2, 0.25) is 0 Å². The molecular formula is C13H15IN2. The van der Waals surface area contributed by atoms with Crippen LogP contribution in [0.3, 0.4) is 0 Å². The Bertz CT molecular complexity index is 500. The number of nitrogens with zero attached hydrogens (tertiary/aromatic N) is 1. The van der Waals surface area contributed by atoms with E-state index in [1.807, 2.05) is 0 Å². The Morgan fingerprint density at radius 1 is 1.25 bits per heavy atom. The van der Waals surface area contributed by atoms with Gasteiger partial charge in [0.25, 0.3) is 0 Å². The summed E-state index contributed by atoms with van der Waals surface area (Å²) in [7, 11) is 0. The molecule has 2 rings (SSSR count). The van der Waals surface area contributed by atoms with Gasteiger partial charge < -0.3 is 0 Å². The summed E-state index contributed by atoms with van der Waals surface area (Å²) in [5.74, 6) is 0.464. The second kappa shape index (κ2) is 4.57. The number of halogens is 1. The van der Waals surface area contributed by atoms with E-state index in [-0.39, 0.29) is 0 Å². The van der Waals surface area contributed by atoms with E-state index in [4.69, 9.17) is 0 Å². The predicted octanol–water partition coefficient (Wildman–Crippen LogP) is 4.11. The lowest BCUT2D eigenvalue weighted by atomic mass is 9.97. The van der Waals surface area contributed by atoms with Gasteiger partial charge in [-0.1, -0.05) is 38.1 Å². The van der Waals surface area contributed by atoms with Gasteiger partial charge in [-0.25, -0.2) is 0 Å². The van der Waals surface area contributed by atoms with Crippen molar-refractivity contribution in [2.24, 2.45) is 0 Å². The van der Waals surface area contributed by atoms with Gasteiger partial charge in [0.1, 0.15) is 3.70 Å². The Kier molecular flexibility index (Phi) is 3.33. The summed E-state index contributed by atoms with van der Waals surface area (Å²) in [6.07, 6.45) is 0. The van der Waals surface area contributed by atoms with E-state index in [2.05, 4.69) is 77.8 Å². The summed E-state index contributed by atoms with van der Waals surface area (Å²) in [5.41, 5.74) is 5.06. The highest BCUT2D eigenvalue weighted by Crippen LogP contribution is 2.33. The van der Waals surface area contributed by atoms with Gasteiger partial charge in [-0.05, 0) is 46.6 Å². The Morgan fingerprint density at radius 2 is 1.94 bits per heavy atom. The summed E-state index contributed by atoms with van der Waals surface area (Å²) in [4.78, 5) is 0. The molecule has 0 radical (unpaired) electrons. The maximum Gasteiger partial charge on any atom is 0.131 e. The van der Waals surface area contributed by atoms with Gasteiger partial charge in [-0.15, -0.1) is 0 Å². The van der Waals surface area contributed by atoms with Crippen molar-refractivity contribution >= 4 is 22.6 Å². The highest BCUT2D eigenvalue weighted by atomic mass is 127. The molecule has 0 atom stereocenters. The lowest BCUT2D eigenvalue weighted by Crippen LogP contribution is -1.93. The number of aryl methyl sites for hydroxylation is 1. The lowest BCUT2D eigenvalue weighted by molar-refractivity contribution is 0.811. The molecule has 0 aliphatic heterocycles. The van der Waals surface area contributed by atoms with Crippen LogP contribution in [0.15, 0.2) is 24.3 Å². The molecule has 2 aromatic rings. The number of rotatable bonds is 2. The lowest BCUT2D eigenvalue weighted by Gasteiger charge is -2.09. The van der Waals surface area contributed by atoms with Crippen molar-refractivity contribution < 1.29 is 0 Å². The zero-order valence-electron chi connectivity index (χ0n) is 9.71. The maximum absolute atomic E-state index is 4.32. The van der Waals surface area contributed by atoms with E-state index in [0.717, 1.165) is 3.70 Å². The molecule has 0 aliphatic rings. The van der Waals surface area contributed by atoms with Crippen LogP contribution < -0.4 is 0 Å². The summed E-state index contributed by atoms with van der Waals surface area (Å²) in [5, 5.41) is 7.46. The molecule has 2 nitrogen and oxygen atoms in total. The van der Waals surface area contributed by atoms with Crippen molar-refractivity contribution in [3.05, 3.63) is 39.2 Å². The van der Waals surface area contributed by atoms with Gasteiger partial charge in [-0.2, -0.15) is 5.10 Å². The third-order valence-electron chi connectivity index (χ3n) is 2.74. The van der Waals surface area contributed by atoms with Crippen LogP contribution in [0, 0.1) is 10.6 Å². The summed E-state index contributed by atoms with van der Waals surface area (Å²) in [6.45, 7) is 6.51. The van der Waals surface area contributed by atoms with Gasteiger partial charge in [-0.3, -0.25) is 5.10 Å². The molecule has 84 valence electrons. The number of nitrogens with one attached hydrogen (secondary N) is 1. The van der Waals surface area contributed by atoms with Gasteiger partial charge in [0.15, 0.2) is 0 Å². The third-order valence-corrected chi connectivity index (χ3v) is 3.52. The largest absolute Gasteiger partial charge is 0.281 e. The van der Waals surface area contributed by atoms with Crippen LogP contribution in [0.4, 0.5) is 0 Å². The molecule has 1 aromatic heterocycles. The fourth-order valence-electron chi connectivity index (χ4n) is 1.86. The zero-order chi connectivity index (χ0) is 11.7. The molecule has 0 amide bonds. The fourth-order valence-corrected chi connectivity index (χ4v) is 2.56. The van der Waals surface area contributed by atoms with Crippen molar-refractivity contribution in [3.8, 4) is 11.1 Å². The molecule has 0 saturated heterocycles. The fraction of sp³-hybridized carbons (Fsp3) is 0.308.